The lowest BCUT2D eigenvalue weighted by Gasteiger charge is -2.35. The monoisotopic (exact) mass is 822 g/mol. The highest BCUT2D eigenvalue weighted by molar-refractivity contribution is 8.03. The highest BCUT2D eigenvalue weighted by Gasteiger charge is 2.40. The maximum absolute atomic E-state index is 2.47. The van der Waals surface area contributed by atoms with E-state index in [1.54, 1.807) is 0 Å². The molecule has 0 atom stereocenters. The van der Waals surface area contributed by atoms with Crippen molar-refractivity contribution < 1.29 is 0 Å². The van der Waals surface area contributed by atoms with Crippen LogP contribution >= 0.6 is 23.5 Å². The van der Waals surface area contributed by atoms with Gasteiger partial charge in [0.15, 0.2) is 0 Å². The minimum absolute atomic E-state index is 0.0220. The quantitative estimate of drug-likeness (QED) is 0.141. The summed E-state index contributed by atoms with van der Waals surface area (Å²) in [5.41, 5.74) is 18.0. The number of thioether (sulfide) groups is 1. The zero-order valence-electron chi connectivity index (χ0n) is 34.5. The molecule has 61 heavy (non-hydrogen) atoms. The Morgan fingerprint density at radius 2 is 0.934 bits per heavy atom. The summed E-state index contributed by atoms with van der Waals surface area (Å²) in [6.45, 7) is 4.72. The van der Waals surface area contributed by atoms with Crippen molar-refractivity contribution in [1.82, 2.24) is 0 Å². The molecule has 0 saturated carbocycles. The Labute approximate surface area is 368 Å². The van der Waals surface area contributed by atoms with Crippen molar-refractivity contribution in [3.8, 4) is 11.1 Å². The van der Waals surface area contributed by atoms with Crippen LogP contribution in [0.5, 0.6) is 0 Å². The van der Waals surface area contributed by atoms with Gasteiger partial charge in [-0.15, -0.1) is 0 Å². The van der Waals surface area contributed by atoms with Crippen LogP contribution < -0.4 is 9.80 Å². The average Bonchev–Trinajstić information content (AvgIpc) is 3.59. The van der Waals surface area contributed by atoms with Crippen LogP contribution in [-0.4, -0.2) is 0 Å². The zero-order chi connectivity index (χ0) is 40.9. The number of fused-ring (bicyclic) bond motifs is 6. The van der Waals surface area contributed by atoms with E-state index in [0.29, 0.717) is 0 Å². The molecule has 2 aliphatic carbocycles. The molecule has 0 bridgehead atoms. The van der Waals surface area contributed by atoms with Crippen molar-refractivity contribution in [2.45, 2.75) is 59.6 Å². The fourth-order valence-electron chi connectivity index (χ4n) is 9.82. The Morgan fingerprint density at radius 1 is 0.492 bits per heavy atom. The topological polar surface area (TPSA) is 6.48 Å². The molecule has 0 spiro atoms. The molecule has 4 aliphatic rings. The number of hydrogen-bond donors (Lipinski definition) is 0. The summed E-state index contributed by atoms with van der Waals surface area (Å²) in [7, 11) is 0. The van der Waals surface area contributed by atoms with Crippen LogP contribution in [0.25, 0.3) is 35.4 Å². The van der Waals surface area contributed by atoms with Gasteiger partial charge in [0.2, 0.25) is 0 Å². The van der Waals surface area contributed by atoms with E-state index in [1.807, 2.05) is 23.5 Å². The Balaban J connectivity index is 0.832. The minimum Gasteiger partial charge on any atom is -0.312 e. The van der Waals surface area contributed by atoms with Crippen LogP contribution in [0.3, 0.4) is 0 Å². The van der Waals surface area contributed by atoms with Gasteiger partial charge >= 0.3 is 0 Å². The van der Waals surface area contributed by atoms with Gasteiger partial charge in [-0.1, -0.05) is 171 Å². The predicted molar refractivity (Wildman–Crippen MR) is 263 cm³/mol. The lowest BCUT2D eigenvalue weighted by molar-refractivity contribution is 0.490. The Hall–Kier alpha value is -6.20. The van der Waals surface area contributed by atoms with Crippen molar-refractivity contribution in [2.24, 2.45) is 0 Å². The smallest absolute Gasteiger partial charge is 0.0601 e. The second-order valence-electron chi connectivity index (χ2n) is 16.3. The second-order valence-corrected chi connectivity index (χ2v) is 18.4. The number of para-hydroxylation sites is 3. The number of allylic oxidation sites excluding steroid dienone is 3. The van der Waals surface area contributed by atoms with E-state index in [0.717, 1.165) is 25.7 Å². The molecule has 296 valence electrons. The van der Waals surface area contributed by atoms with Crippen molar-refractivity contribution in [2.75, 3.05) is 9.80 Å². The summed E-state index contributed by atoms with van der Waals surface area (Å²) in [5.74, 6) is 0. The van der Waals surface area contributed by atoms with E-state index in [9.17, 15) is 0 Å². The first kappa shape index (κ1) is 37.8. The molecule has 11 rings (SSSR count). The van der Waals surface area contributed by atoms with E-state index in [1.165, 1.54) is 98.2 Å². The first-order chi connectivity index (χ1) is 30.1. The normalized spacial score (nSPS) is 15.7. The largest absolute Gasteiger partial charge is 0.312 e. The predicted octanol–water partition coefficient (Wildman–Crippen LogP) is 16.9. The summed E-state index contributed by atoms with van der Waals surface area (Å²) in [6.07, 6.45) is 17.9. The molecule has 0 aromatic heterocycles. The van der Waals surface area contributed by atoms with E-state index >= 15 is 0 Å². The van der Waals surface area contributed by atoms with Gasteiger partial charge in [-0.25, -0.2) is 0 Å². The maximum Gasteiger partial charge on any atom is 0.0601 e. The number of hydrogen-bond acceptors (Lipinski definition) is 4. The number of anilines is 5. The van der Waals surface area contributed by atoms with Crippen LogP contribution in [0.1, 0.15) is 72.9 Å². The third-order valence-corrected chi connectivity index (χ3v) is 15.3. The van der Waals surface area contributed by atoms with Crippen LogP contribution in [0.15, 0.2) is 195 Å². The standard InChI is InChI=1S/C57H46N2S2/c1-3-57(4-2)47-37-41(23-21-39-25-31-43(32-26-39)58-49-13-5-9-17-53(49)60-54-18-10-6-14-50(54)58)29-35-45(47)46-36-30-42(38-48(46)57)24-22-40-27-33-44(34-28-40)59-51-15-7-11-19-55(51)61-56-20-12-8-16-52(56)59/h5-7,9-15,17-38H,3-4,8,16H2,1-2H3/b23-21+,24-22+. The van der Waals surface area contributed by atoms with E-state index in [2.05, 4.69) is 218 Å². The minimum atomic E-state index is -0.0220. The van der Waals surface area contributed by atoms with Crippen LogP contribution in [0.2, 0.25) is 0 Å². The fourth-order valence-corrected chi connectivity index (χ4v) is 12.0. The maximum atomic E-state index is 2.47. The highest BCUT2D eigenvalue weighted by Crippen LogP contribution is 2.54. The molecule has 2 heterocycles. The van der Waals surface area contributed by atoms with Gasteiger partial charge in [-0.05, 0) is 131 Å². The van der Waals surface area contributed by atoms with E-state index < -0.39 is 0 Å². The summed E-state index contributed by atoms with van der Waals surface area (Å²) < 4.78 is 0. The molecule has 0 fully saturated rings. The molecule has 0 saturated heterocycles. The molecule has 2 nitrogen and oxygen atoms in total. The van der Waals surface area contributed by atoms with Crippen LogP contribution in [0.4, 0.5) is 28.4 Å². The molecular weight excluding hydrogens is 777 g/mol. The second kappa shape index (κ2) is 15.7. The number of rotatable bonds is 8. The van der Waals surface area contributed by atoms with E-state index in [-0.39, 0.29) is 5.41 Å². The van der Waals surface area contributed by atoms with Gasteiger partial charge in [0, 0.05) is 42.1 Å². The zero-order valence-corrected chi connectivity index (χ0v) is 36.1. The molecule has 0 unspecified atom stereocenters. The fraction of sp³-hybridized carbons (Fsp3) is 0.123. The van der Waals surface area contributed by atoms with E-state index in [4.69, 9.17) is 0 Å². The molecule has 7 aromatic carbocycles. The molecule has 4 heteroatoms. The summed E-state index contributed by atoms with van der Waals surface area (Å²) in [5, 5.41) is 0. The van der Waals surface area contributed by atoms with Gasteiger partial charge in [0.05, 0.1) is 17.1 Å². The Bertz CT molecular complexity index is 2900. The van der Waals surface area contributed by atoms with Gasteiger partial charge in [0.1, 0.15) is 0 Å². The van der Waals surface area contributed by atoms with Crippen molar-refractivity contribution in [1.29, 1.82) is 0 Å². The lowest BCUT2D eigenvalue weighted by atomic mass is 9.73. The summed E-state index contributed by atoms with van der Waals surface area (Å²) in [4.78, 5) is 10.1. The van der Waals surface area contributed by atoms with Gasteiger partial charge in [-0.3, -0.25) is 0 Å². The van der Waals surface area contributed by atoms with Crippen LogP contribution in [-0.2, 0) is 5.41 Å². The summed E-state index contributed by atoms with van der Waals surface area (Å²) in [6, 6.07) is 58.4. The van der Waals surface area contributed by atoms with Crippen molar-refractivity contribution in [3.63, 3.8) is 0 Å². The molecule has 0 radical (unpaired) electrons. The first-order valence-electron chi connectivity index (χ1n) is 21.6. The van der Waals surface area contributed by atoms with Crippen LogP contribution in [0, 0.1) is 0 Å². The number of benzene rings is 7. The third kappa shape index (κ3) is 6.61. The average molecular weight is 823 g/mol. The molecule has 0 N–H and O–H groups in total. The highest BCUT2D eigenvalue weighted by atomic mass is 32.2. The van der Waals surface area contributed by atoms with Gasteiger partial charge in [0.25, 0.3) is 0 Å². The SMILES string of the molecule is CCC1(CC)c2cc(/C=C/c3ccc(N4C5=C(C=CCC5)Sc5ccccc54)cc3)ccc2-c2ccc(/C=C/c3ccc(N4c5ccccc5Sc5ccccc54)cc3)cc21. The molecule has 2 aliphatic heterocycles. The lowest BCUT2D eigenvalue weighted by Crippen LogP contribution is -2.23. The van der Waals surface area contributed by atoms with Gasteiger partial charge in [-0.2, -0.15) is 0 Å². The van der Waals surface area contributed by atoms with Gasteiger partial charge < -0.3 is 9.80 Å². The van der Waals surface area contributed by atoms with Crippen molar-refractivity contribution >= 4 is 76.3 Å². The first-order valence-corrected chi connectivity index (χ1v) is 23.2. The third-order valence-electron chi connectivity index (χ3n) is 13.0. The molecule has 7 aromatic rings. The summed E-state index contributed by atoms with van der Waals surface area (Å²) >= 11 is 3.74. The Morgan fingerprint density at radius 3 is 1.46 bits per heavy atom. The van der Waals surface area contributed by atoms with Crippen molar-refractivity contribution in [3.05, 3.63) is 214 Å². The molecular formula is C57H46N2S2. The molecule has 0 amide bonds. The Kier molecular flexibility index (Phi) is 9.71. The number of nitrogens with zero attached hydrogens (tertiary/aromatic N) is 2.